The van der Waals surface area contributed by atoms with Crippen LogP contribution in [0.5, 0.6) is 0 Å². The number of nitrogens with one attached hydrogen (secondary N) is 1. The molecule has 3 rings (SSSR count). The Kier molecular flexibility index (Phi) is 3.00. The first kappa shape index (κ1) is 12.4. The van der Waals surface area contributed by atoms with Crippen LogP contribution in [0.15, 0.2) is 47.0 Å². The predicted octanol–water partition coefficient (Wildman–Crippen LogP) is 2.03. The van der Waals surface area contributed by atoms with Gasteiger partial charge in [-0.3, -0.25) is 10.2 Å². The number of nitrogens with two attached hydrogens (primary N) is 1. The first-order valence-corrected chi connectivity index (χ1v) is 6.01. The fourth-order valence-electron chi connectivity index (χ4n) is 2.12. The minimum atomic E-state index is -0.486. The Morgan fingerprint density at radius 1 is 1.30 bits per heavy atom. The van der Waals surface area contributed by atoms with Gasteiger partial charge in [-0.25, -0.2) is 10.2 Å². The van der Waals surface area contributed by atoms with Crippen LogP contribution in [0.4, 0.5) is 4.39 Å². The lowest BCUT2D eigenvalue weighted by Crippen LogP contribution is -2.29. The second kappa shape index (κ2) is 4.82. The molecule has 0 atom stereocenters. The molecule has 0 aliphatic rings. The molecule has 3 aromatic rings. The Labute approximate surface area is 113 Å². The molecule has 0 radical (unpaired) electrons. The molecule has 0 bridgehead atoms. The van der Waals surface area contributed by atoms with Crippen molar-refractivity contribution in [2.24, 2.45) is 5.84 Å². The molecule has 2 aromatic heterocycles. The average molecular weight is 273 g/mol. The van der Waals surface area contributed by atoms with E-state index in [1.807, 2.05) is 22.3 Å². The average Bonchev–Trinajstić information content (AvgIpc) is 3.06. The number of fused-ring (bicyclic) bond motifs is 1. The minimum Gasteiger partial charge on any atom is -0.454 e. The molecule has 6 heteroatoms. The van der Waals surface area contributed by atoms with E-state index in [2.05, 4.69) is 0 Å². The second-order valence-corrected chi connectivity index (χ2v) is 4.39. The summed E-state index contributed by atoms with van der Waals surface area (Å²) >= 11 is 0. The summed E-state index contributed by atoms with van der Waals surface area (Å²) in [5.41, 5.74) is 2.77. The highest BCUT2D eigenvalue weighted by molar-refractivity contribution is 5.90. The van der Waals surface area contributed by atoms with Crippen molar-refractivity contribution in [3.63, 3.8) is 0 Å². The number of nitrogens with zero attached hydrogens (tertiary/aromatic N) is 1. The normalized spacial score (nSPS) is 10.9. The fraction of sp³-hybridized carbons (Fsp3) is 0.0714. The van der Waals surface area contributed by atoms with Gasteiger partial charge in [0.15, 0.2) is 5.76 Å². The van der Waals surface area contributed by atoms with Crippen LogP contribution in [0, 0.1) is 5.82 Å². The van der Waals surface area contributed by atoms with Gasteiger partial charge in [0.25, 0.3) is 0 Å². The third-order valence-electron chi connectivity index (χ3n) is 3.08. The standard InChI is InChI=1S/C14H12FN3O2/c15-10-2-1-9-5-6-18(12(9)7-10)8-11-3-4-13(20-11)14(19)17-16/h1-7H,8,16H2,(H,17,19). The molecule has 0 saturated carbocycles. The van der Waals surface area contributed by atoms with E-state index in [1.54, 1.807) is 18.2 Å². The molecule has 0 unspecified atom stereocenters. The Morgan fingerprint density at radius 2 is 2.15 bits per heavy atom. The number of carbonyl (C=O) groups is 1. The largest absolute Gasteiger partial charge is 0.454 e. The number of halogens is 1. The second-order valence-electron chi connectivity index (χ2n) is 4.39. The maximum Gasteiger partial charge on any atom is 0.300 e. The molecule has 0 aliphatic carbocycles. The molecule has 1 amide bonds. The summed E-state index contributed by atoms with van der Waals surface area (Å²) in [6.45, 7) is 0.408. The van der Waals surface area contributed by atoms with Crippen molar-refractivity contribution in [1.82, 2.24) is 9.99 Å². The Bertz CT molecular complexity index is 776. The van der Waals surface area contributed by atoms with E-state index in [-0.39, 0.29) is 11.6 Å². The van der Waals surface area contributed by atoms with Gasteiger partial charge in [-0.05, 0) is 41.8 Å². The quantitative estimate of drug-likeness (QED) is 0.435. The van der Waals surface area contributed by atoms with Crippen molar-refractivity contribution in [2.75, 3.05) is 0 Å². The molecule has 2 heterocycles. The first-order chi connectivity index (χ1) is 9.67. The maximum absolute atomic E-state index is 13.3. The zero-order valence-electron chi connectivity index (χ0n) is 10.5. The summed E-state index contributed by atoms with van der Waals surface area (Å²) in [6, 6.07) is 9.73. The summed E-state index contributed by atoms with van der Waals surface area (Å²) in [4.78, 5) is 11.3. The van der Waals surface area contributed by atoms with Crippen LogP contribution in [-0.4, -0.2) is 10.5 Å². The van der Waals surface area contributed by atoms with Crippen LogP contribution in [0.1, 0.15) is 16.3 Å². The molecule has 20 heavy (non-hydrogen) atoms. The Hall–Kier alpha value is -2.60. The van der Waals surface area contributed by atoms with Crippen LogP contribution in [0.2, 0.25) is 0 Å². The summed E-state index contributed by atoms with van der Waals surface area (Å²) in [5.74, 6) is 4.99. The third kappa shape index (κ3) is 2.17. The van der Waals surface area contributed by atoms with E-state index in [4.69, 9.17) is 10.3 Å². The molecular weight excluding hydrogens is 261 g/mol. The van der Waals surface area contributed by atoms with Gasteiger partial charge in [0.2, 0.25) is 0 Å². The number of benzene rings is 1. The zero-order chi connectivity index (χ0) is 14.1. The number of nitrogen functional groups attached to an aromatic ring is 1. The molecule has 0 aliphatic heterocycles. The van der Waals surface area contributed by atoms with Gasteiger partial charge >= 0.3 is 5.91 Å². The smallest absolute Gasteiger partial charge is 0.300 e. The molecule has 102 valence electrons. The Morgan fingerprint density at radius 3 is 2.95 bits per heavy atom. The monoisotopic (exact) mass is 273 g/mol. The summed E-state index contributed by atoms with van der Waals surface area (Å²) in [5, 5.41) is 0.942. The van der Waals surface area contributed by atoms with E-state index in [0.717, 1.165) is 10.9 Å². The van der Waals surface area contributed by atoms with Crippen LogP contribution in [-0.2, 0) is 6.54 Å². The third-order valence-corrected chi connectivity index (χ3v) is 3.08. The maximum atomic E-state index is 13.3. The lowest BCUT2D eigenvalue weighted by molar-refractivity contribution is 0.0924. The molecule has 5 nitrogen and oxygen atoms in total. The van der Waals surface area contributed by atoms with Gasteiger partial charge in [-0.2, -0.15) is 0 Å². The fourth-order valence-corrected chi connectivity index (χ4v) is 2.12. The molecule has 1 aromatic carbocycles. The van der Waals surface area contributed by atoms with E-state index in [1.165, 1.54) is 12.1 Å². The molecule has 0 spiro atoms. The molecular formula is C14H12FN3O2. The number of hydrazine groups is 1. The number of hydrogen-bond acceptors (Lipinski definition) is 3. The number of aromatic nitrogens is 1. The number of rotatable bonds is 3. The molecule has 0 fully saturated rings. The van der Waals surface area contributed by atoms with Crippen LogP contribution in [0.25, 0.3) is 10.9 Å². The van der Waals surface area contributed by atoms with E-state index in [0.29, 0.717) is 12.3 Å². The number of hydrogen-bond donors (Lipinski definition) is 2. The SMILES string of the molecule is NNC(=O)c1ccc(Cn2ccc3ccc(F)cc32)o1. The zero-order valence-corrected chi connectivity index (χ0v) is 10.5. The van der Waals surface area contributed by atoms with Crippen LogP contribution in [0.3, 0.4) is 0 Å². The molecule has 0 saturated heterocycles. The van der Waals surface area contributed by atoms with Gasteiger partial charge < -0.3 is 8.98 Å². The van der Waals surface area contributed by atoms with E-state index in [9.17, 15) is 9.18 Å². The van der Waals surface area contributed by atoms with Crippen molar-refractivity contribution >= 4 is 16.8 Å². The topological polar surface area (TPSA) is 73.2 Å². The highest BCUT2D eigenvalue weighted by Gasteiger charge is 2.10. The van der Waals surface area contributed by atoms with Crippen molar-refractivity contribution < 1.29 is 13.6 Å². The first-order valence-electron chi connectivity index (χ1n) is 6.01. The summed E-state index contributed by atoms with van der Waals surface area (Å²) < 4.78 is 20.5. The summed E-state index contributed by atoms with van der Waals surface area (Å²) in [7, 11) is 0. The van der Waals surface area contributed by atoms with Crippen molar-refractivity contribution in [3.8, 4) is 0 Å². The number of carbonyl (C=O) groups excluding carboxylic acids is 1. The highest BCUT2D eigenvalue weighted by Crippen LogP contribution is 2.19. The van der Waals surface area contributed by atoms with Gasteiger partial charge in [-0.1, -0.05) is 0 Å². The lowest BCUT2D eigenvalue weighted by atomic mass is 10.2. The lowest BCUT2D eigenvalue weighted by Gasteiger charge is -2.03. The molecule has 3 N–H and O–H groups in total. The van der Waals surface area contributed by atoms with Crippen molar-refractivity contribution in [2.45, 2.75) is 6.54 Å². The summed E-state index contributed by atoms with van der Waals surface area (Å²) in [6.07, 6.45) is 1.84. The Balaban J connectivity index is 1.91. The number of furan rings is 1. The van der Waals surface area contributed by atoms with Crippen molar-refractivity contribution in [3.05, 3.63) is 59.9 Å². The highest BCUT2D eigenvalue weighted by atomic mass is 19.1. The predicted molar refractivity (Wildman–Crippen MR) is 71.4 cm³/mol. The van der Waals surface area contributed by atoms with Crippen LogP contribution < -0.4 is 11.3 Å². The van der Waals surface area contributed by atoms with Gasteiger partial charge in [0, 0.05) is 6.20 Å². The van der Waals surface area contributed by atoms with Crippen molar-refractivity contribution in [1.29, 1.82) is 0 Å². The van der Waals surface area contributed by atoms with E-state index >= 15 is 0 Å². The van der Waals surface area contributed by atoms with Crippen LogP contribution >= 0.6 is 0 Å². The van der Waals surface area contributed by atoms with Gasteiger partial charge in [-0.15, -0.1) is 0 Å². The minimum absolute atomic E-state index is 0.144. The number of amides is 1. The van der Waals surface area contributed by atoms with Gasteiger partial charge in [0.1, 0.15) is 11.6 Å². The van der Waals surface area contributed by atoms with Gasteiger partial charge in [0.05, 0.1) is 12.1 Å². The van der Waals surface area contributed by atoms with E-state index < -0.39 is 5.91 Å².